The summed E-state index contributed by atoms with van der Waals surface area (Å²) in [6, 6.07) is 5.50. The van der Waals surface area contributed by atoms with E-state index in [-0.39, 0.29) is 11.9 Å². The molecule has 0 radical (unpaired) electrons. The molecule has 3 nitrogen and oxygen atoms in total. The molecule has 1 amide bonds. The number of hydrogen-bond acceptors (Lipinski definition) is 2. The first-order valence-corrected chi connectivity index (χ1v) is 6.61. The van der Waals surface area contributed by atoms with Crippen molar-refractivity contribution in [3.05, 3.63) is 28.2 Å². The van der Waals surface area contributed by atoms with E-state index in [4.69, 9.17) is 5.73 Å². The number of benzene rings is 1. The number of amides is 1. The van der Waals surface area contributed by atoms with Gasteiger partial charge in [-0.25, -0.2) is 0 Å². The van der Waals surface area contributed by atoms with Crippen molar-refractivity contribution in [3.8, 4) is 0 Å². The van der Waals surface area contributed by atoms with Gasteiger partial charge in [0, 0.05) is 11.7 Å². The Balaban J connectivity index is 2.86. The molecule has 1 unspecified atom stereocenters. The first-order valence-electron chi connectivity index (χ1n) is 5.82. The average Bonchev–Trinajstić information content (AvgIpc) is 2.28. The van der Waals surface area contributed by atoms with E-state index in [0.29, 0.717) is 21.6 Å². The van der Waals surface area contributed by atoms with Gasteiger partial charge in [-0.2, -0.15) is 0 Å². The first-order chi connectivity index (χ1) is 7.97. The van der Waals surface area contributed by atoms with Gasteiger partial charge in [0.15, 0.2) is 0 Å². The normalized spacial score (nSPS) is 12.5. The van der Waals surface area contributed by atoms with Crippen molar-refractivity contribution in [2.24, 2.45) is 5.92 Å². The molecule has 94 valence electrons. The Labute approximate surface area is 111 Å². The van der Waals surface area contributed by atoms with E-state index in [1.807, 2.05) is 0 Å². The average molecular weight is 299 g/mol. The highest BCUT2D eigenvalue weighted by atomic mass is 79.9. The minimum absolute atomic E-state index is 0.0790. The van der Waals surface area contributed by atoms with Crippen LogP contribution in [-0.4, -0.2) is 11.9 Å². The van der Waals surface area contributed by atoms with Crippen molar-refractivity contribution in [3.63, 3.8) is 0 Å². The van der Waals surface area contributed by atoms with E-state index in [9.17, 15) is 4.79 Å². The smallest absolute Gasteiger partial charge is 0.252 e. The van der Waals surface area contributed by atoms with Crippen molar-refractivity contribution in [1.29, 1.82) is 0 Å². The van der Waals surface area contributed by atoms with Crippen molar-refractivity contribution >= 4 is 27.5 Å². The first kappa shape index (κ1) is 14.0. The lowest BCUT2D eigenvalue weighted by atomic mass is 10.0. The van der Waals surface area contributed by atoms with Gasteiger partial charge in [-0.05, 0) is 40.4 Å². The monoisotopic (exact) mass is 298 g/mol. The fraction of sp³-hybridized carbons (Fsp3) is 0.462. The maximum absolute atomic E-state index is 12.1. The summed E-state index contributed by atoms with van der Waals surface area (Å²) >= 11 is 3.34. The van der Waals surface area contributed by atoms with Gasteiger partial charge in [-0.15, -0.1) is 0 Å². The second-order valence-electron chi connectivity index (χ2n) is 4.44. The number of nitrogens with two attached hydrogens (primary N) is 1. The lowest BCUT2D eigenvalue weighted by Gasteiger charge is -2.21. The van der Waals surface area contributed by atoms with E-state index in [0.717, 1.165) is 6.42 Å². The molecule has 0 aromatic heterocycles. The largest absolute Gasteiger partial charge is 0.398 e. The molecule has 0 fully saturated rings. The number of rotatable bonds is 4. The minimum atomic E-state index is -0.0790. The summed E-state index contributed by atoms with van der Waals surface area (Å²) in [6.07, 6.45) is 0.920. The van der Waals surface area contributed by atoms with Crippen LogP contribution in [0.5, 0.6) is 0 Å². The molecule has 1 aromatic carbocycles. The summed E-state index contributed by atoms with van der Waals surface area (Å²) < 4.78 is 0.663. The molecule has 0 saturated carbocycles. The van der Waals surface area contributed by atoms with Crippen LogP contribution in [0.15, 0.2) is 22.7 Å². The number of hydrogen-bond donors (Lipinski definition) is 2. The van der Waals surface area contributed by atoms with Crippen LogP contribution in [0.2, 0.25) is 0 Å². The molecule has 0 heterocycles. The zero-order chi connectivity index (χ0) is 13.0. The van der Waals surface area contributed by atoms with Crippen LogP contribution in [0.3, 0.4) is 0 Å². The maximum Gasteiger partial charge on any atom is 0.252 e. The molecule has 0 saturated heterocycles. The summed E-state index contributed by atoms with van der Waals surface area (Å²) in [5, 5.41) is 3.03. The van der Waals surface area contributed by atoms with Crippen molar-refractivity contribution in [2.75, 3.05) is 5.73 Å². The highest BCUT2D eigenvalue weighted by Gasteiger charge is 2.17. The van der Waals surface area contributed by atoms with Gasteiger partial charge in [0.1, 0.15) is 0 Å². The summed E-state index contributed by atoms with van der Waals surface area (Å²) in [7, 11) is 0. The van der Waals surface area contributed by atoms with E-state index in [1.165, 1.54) is 0 Å². The molecular weight excluding hydrogens is 280 g/mol. The number of nitrogens with one attached hydrogen (secondary N) is 1. The van der Waals surface area contributed by atoms with Crippen LogP contribution < -0.4 is 11.1 Å². The number of halogens is 1. The lowest BCUT2D eigenvalue weighted by Crippen LogP contribution is -2.38. The number of nitrogen functional groups attached to an aromatic ring is 1. The molecule has 17 heavy (non-hydrogen) atoms. The summed E-state index contributed by atoms with van der Waals surface area (Å²) in [4.78, 5) is 12.1. The quantitative estimate of drug-likeness (QED) is 0.839. The van der Waals surface area contributed by atoms with Crippen molar-refractivity contribution in [2.45, 2.75) is 33.2 Å². The molecule has 4 heteroatoms. The number of carbonyl (C=O) groups is 1. The third kappa shape index (κ3) is 3.46. The van der Waals surface area contributed by atoms with Crippen LogP contribution >= 0.6 is 15.9 Å². The Hall–Kier alpha value is -1.03. The van der Waals surface area contributed by atoms with E-state index < -0.39 is 0 Å². The molecule has 0 aliphatic rings. The Morgan fingerprint density at radius 1 is 1.47 bits per heavy atom. The number of anilines is 1. The zero-order valence-corrected chi connectivity index (χ0v) is 12.0. The second-order valence-corrected chi connectivity index (χ2v) is 5.23. The molecule has 0 spiro atoms. The van der Waals surface area contributed by atoms with Crippen LogP contribution in [0.1, 0.15) is 37.6 Å². The fourth-order valence-electron chi connectivity index (χ4n) is 1.71. The zero-order valence-electron chi connectivity index (χ0n) is 10.5. The summed E-state index contributed by atoms with van der Waals surface area (Å²) in [5.41, 5.74) is 6.92. The molecule has 3 N–H and O–H groups in total. The van der Waals surface area contributed by atoms with E-state index in [1.54, 1.807) is 18.2 Å². The molecule has 0 aliphatic carbocycles. The van der Waals surface area contributed by atoms with Gasteiger partial charge >= 0.3 is 0 Å². The Kier molecular flexibility index (Phi) is 5.00. The van der Waals surface area contributed by atoms with Gasteiger partial charge in [-0.3, -0.25) is 4.79 Å². The van der Waals surface area contributed by atoms with Crippen molar-refractivity contribution in [1.82, 2.24) is 5.32 Å². The van der Waals surface area contributed by atoms with Crippen LogP contribution in [0.25, 0.3) is 0 Å². The third-order valence-electron chi connectivity index (χ3n) is 2.83. The Morgan fingerprint density at radius 3 is 2.65 bits per heavy atom. The van der Waals surface area contributed by atoms with Gasteiger partial charge in [-0.1, -0.05) is 26.8 Å². The Bertz CT molecular complexity index is 404. The molecule has 0 aliphatic heterocycles. The minimum Gasteiger partial charge on any atom is -0.398 e. The molecule has 1 aromatic rings. The van der Waals surface area contributed by atoms with Gasteiger partial charge in [0.25, 0.3) is 5.91 Å². The van der Waals surface area contributed by atoms with Crippen LogP contribution in [-0.2, 0) is 0 Å². The van der Waals surface area contributed by atoms with E-state index >= 15 is 0 Å². The predicted octanol–water partition coefficient (Wildman–Crippen LogP) is 3.20. The van der Waals surface area contributed by atoms with E-state index in [2.05, 4.69) is 42.0 Å². The topological polar surface area (TPSA) is 55.1 Å². The van der Waals surface area contributed by atoms with Gasteiger partial charge < -0.3 is 11.1 Å². The molecular formula is C13H19BrN2O. The third-order valence-corrected chi connectivity index (χ3v) is 3.72. The number of carbonyl (C=O) groups excluding carboxylic acids is 1. The summed E-state index contributed by atoms with van der Waals surface area (Å²) in [5.74, 6) is 0.341. The SMILES string of the molecule is CCC(NC(=O)c1cccc(N)c1Br)C(C)C. The molecule has 1 atom stereocenters. The molecule has 0 bridgehead atoms. The van der Waals surface area contributed by atoms with Gasteiger partial charge in [0.2, 0.25) is 0 Å². The van der Waals surface area contributed by atoms with Crippen LogP contribution in [0, 0.1) is 5.92 Å². The fourth-order valence-corrected chi connectivity index (χ4v) is 2.16. The lowest BCUT2D eigenvalue weighted by molar-refractivity contribution is 0.0924. The molecule has 1 rings (SSSR count). The second kappa shape index (κ2) is 6.05. The standard InChI is InChI=1S/C13H19BrN2O/c1-4-11(8(2)3)16-13(17)9-6-5-7-10(15)12(9)14/h5-8,11H,4,15H2,1-3H3,(H,16,17). The van der Waals surface area contributed by atoms with Gasteiger partial charge in [0.05, 0.1) is 10.0 Å². The highest BCUT2D eigenvalue weighted by Crippen LogP contribution is 2.24. The summed E-state index contributed by atoms with van der Waals surface area (Å²) in [6.45, 7) is 6.27. The van der Waals surface area contributed by atoms with Crippen molar-refractivity contribution < 1.29 is 4.79 Å². The Morgan fingerprint density at radius 2 is 2.12 bits per heavy atom. The maximum atomic E-state index is 12.1. The predicted molar refractivity (Wildman–Crippen MR) is 74.9 cm³/mol. The van der Waals surface area contributed by atoms with Crippen LogP contribution in [0.4, 0.5) is 5.69 Å². The highest BCUT2D eigenvalue weighted by molar-refractivity contribution is 9.10.